The number of sulfonamides is 1. The summed E-state index contributed by atoms with van der Waals surface area (Å²) in [5.74, 6) is 0.783. The summed E-state index contributed by atoms with van der Waals surface area (Å²) in [5, 5.41) is -0.454. The SMILES string of the molecule is CC(CCl)S(=O)(=O)N1CCC[C@H]2CCCC[C@H]21. The van der Waals surface area contributed by atoms with Crippen LogP contribution in [-0.2, 0) is 10.0 Å². The summed E-state index contributed by atoms with van der Waals surface area (Å²) in [4.78, 5) is 0. The number of hydrogen-bond acceptors (Lipinski definition) is 2. The molecule has 0 amide bonds. The molecular formula is C12H22ClNO2S. The fourth-order valence-electron chi connectivity index (χ4n) is 3.21. The summed E-state index contributed by atoms with van der Waals surface area (Å²) in [6.45, 7) is 2.42. The predicted molar refractivity (Wildman–Crippen MR) is 70.8 cm³/mol. The maximum absolute atomic E-state index is 12.4. The number of alkyl halides is 1. The van der Waals surface area contributed by atoms with Crippen molar-refractivity contribution in [3.63, 3.8) is 0 Å². The van der Waals surface area contributed by atoms with Crippen LogP contribution in [0.2, 0.25) is 0 Å². The van der Waals surface area contributed by atoms with Gasteiger partial charge >= 0.3 is 0 Å². The van der Waals surface area contributed by atoms with E-state index in [9.17, 15) is 8.42 Å². The van der Waals surface area contributed by atoms with Crippen LogP contribution in [0.1, 0.15) is 45.4 Å². The average molecular weight is 280 g/mol. The van der Waals surface area contributed by atoms with Gasteiger partial charge in [-0.25, -0.2) is 8.42 Å². The van der Waals surface area contributed by atoms with Crippen LogP contribution in [0.4, 0.5) is 0 Å². The molecule has 17 heavy (non-hydrogen) atoms. The molecule has 1 unspecified atom stereocenters. The lowest BCUT2D eigenvalue weighted by molar-refractivity contribution is 0.128. The third-order valence-corrected chi connectivity index (χ3v) is 7.18. The third kappa shape index (κ3) is 2.64. The summed E-state index contributed by atoms with van der Waals surface area (Å²) in [5.41, 5.74) is 0. The summed E-state index contributed by atoms with van der Waals surface area (Å²) in [6, 6.07) is 0.258. The van der Waals surface area contributed by atoms with Crippen molar-refractivity contribution in [2.24, 2.45) is 5.92 Å². The quantitative estimate of drug-likeness (QED) is 0.745. The van der Waals surface area contributed by atoms with Crippen LogP contribution in [-0.4, -0.2) is 36.4 Å². The first-order chi connectivity index (χ1) is 8.07. The Morgan fingerprint density at radius 1 is 1.24 bits per heavy atom. The molecule has 0 spiro atoms. The second-order valence-electron chi connectivity index (χ2n) is 5.37. The standard InChI is InChI=1S/C12H22ClNO2S/c1-10(9-13)17(15,16)14-8-4-6-11-5-2-3-7-12(11)14/h10-12H,2-9H2,1H3/t10?,11-,12-/m1/s1. The summed E-state index contributed by atoms with van der Waals surface area (Å²) in [6.07, 6.45) is 6.88. The van der Waals surface area contributed by atoms with Gasteiger partial charge in [0.1, 0.15) is 0 Å². The second-order valence-corrected chi connectivity index (χ2v) is 7.99. The van der Waals surface area contributed by atoms with Crippen molar-refractivity contribution in [3.8, 4) is 0 Å². The van der Waals surface area contributed by atoms with E-state index in [0.29, 0.717) is 12.5 Å². The van der Waals surface area contributed by atoms with Gasteiger partial charge in [0.05, 0.1) is 5.25 Å². The lowest BCUT2D eigenvalue weighted by atomic mass is 9.79. The van der Waals surface area contributed by atoms with Gasteiger partial charge in [-0.2, -0.15) is 4.31 Å². The van der Waals surface area contributed by atoms with Gasteiger partial charge in [0.25, 0.3) is 0 Å². The molecule has 3 nitrogen and oxygen atoms in total. The van der Waals surface area contributed by atoms with Crippen LogP contribution < -0.4 is 0 Å². The number of hydrogen-bond donors (Lipinski definition) is 0. The van der Waals surface area contributed by atoms with Gasteiger partial charge in [0.15, 0.2) is 0 Å². The summed E-state index contributed by atoms with van der Waals surface area (Å²) in [7, 11) is -3.18. The highest BCUT2D eigenvalue weighted by Crippen LogP contribution is 2.37. The van der Waals surface area contributed by atoms with Gasteiger partial charge < -0.3 is 0 Å². The molecule has 2 fully saturated rings. The van der Waals surface area contributed by atoms with Crippen molar-refractivity contribution in [2.75, 3.05) is 12.4 Å². The molecule has 0 aromatic heterocycles. The van der Waals surface area contributed by atoms with E-state index < -0.39 is 15.3 Å². The van der Waals surface area contributed by atoms with Gasteiger partial charge in [-0.1, -0.05) is 12.8 Å². The zero-order valence-corrected chi connectivity index (χ0v) is 12.0. The molecule has 3 atom stereocenters. The Morgan fingerprint density at radius 2 is 1.88 bits per heavy atom. The van der Waals surface area contributed by atoms with Gasteiger partial charge in [-0.3, -0.25) is 0 Å². The molecule has 1 heterocycles. The molecule has 5 heteroatoms. The largest absolute Gasteiger partial charge is 0.218 e. The minimum absolute atomic E-state index is 0.191. The number of piperidine rings is 1. The van der Waals surface area contributed by atoms with E-state index in [-0.39, 0.29) is 11.9 Å². The van der Waals surface area contributed by atoms with E-state index in [0.717, 1.165) is 12.8 Å². The van der Waals surface area contributed by atoms with Crippen LogP contribution in [0.15, 0.2) is 0 Å². The zero-order valence-electron chi connectivity index (χ0n) is 10.4. The highest BCUT2D eigenvalue weighted by atomic mass is 35.5. The van der Waals surface area contributed by atoms with Crippen LogP contribution in [0.3, 0.4) is 0 Å². The lowest BCUT2D eigenvalue weighted by Crippen LogP contribution is -2.52. The zero-order chi connectivity index (χ0) is 12.5. The Balaban J connectivity index is 2.19. The normalized spacial score (nSPS) is 33.1. The minimum Gasteiger partial charge on any atom is -0.212 e. The van der Waals surface area contributed by atoms with Crippen LogP contribution >= 0.6 is 11.6 Å². The molecule has 2 rings (SSSR count). The maximum atomic E-state index is 12.4. The Bertz CT molecular complexity index is 356. The Kier molecular flexibility index (Phi) is 4.37. The first-order valence-electron chi connectivity index (χ1n) is 6.64. The molecular weight excluding hydrogens is 258 g/mol. The summed E-state index contributed by atoms with van der Waals surface area (Å²) < 4.78 is 26.6. The van der Waals surface area contributed by atoms with Gasteiger partial charge in [-0.05, 0) is 38.5 Å². The number of fused-ring (bicyclic) bond motifs is 1. The van der Waals surface area contributed by atoms with Crippen molar-refractivity contribution in [2.45, 2.75) is 56.7 Å². The topological polar surface area (TPSA) is 37.4 Å². The molecule has 0 aromatic carbocycles. The first-order valence-corrected chi connectivity index (χ1v) is 8.67. The monoisotopic (exact) mass is 279 g/mol. The molecule has 2 aliphatic rings. The highest BCUT2D eigenvalue weighted by Gasteiger charge is 2.40. The van der Waals surface area contributed by atoms with Crippen molar-refractivity contribution < 1.29 is 8.42 Å². The lowest BCUT2D eigenvalue weighted by Gasteiger charge is -2.43. The number of halogens is 1. The van der Waals surface area contributed by atoms with Crippen LogP contribution in [0, 0.1) is 5.92 Å². The van der Waals surface area contributed by atoms with E-state index in [2.05, 4.69) is 0 Å². The van der Waals surface area contributed by atoms with Crippen molar-refractivity contribution in [3.05, 3.63) is 0 Å². The predicted octanol–water partition coefficient (Wildman–Crippen LogP) is 2.60. The van der Waals surface area contributed by atoms with Crippen molar-refractivity contribution in [1.82, 2.24) is 4.31 Å². The van der Waals surface area contributed by atoms with Gasteiger partial charge in [0, 0.05) is 18.5 Å². The number of rotatable bonds is 3. The Labute approximate surface area is 110 Å². The van der Waals surface area contributed by atoms with E-state index in [1.54, 1.807) is 11.2 Å². The van der Waals surface area contributed by atoms with E-state index >= 15 is 0 Å². The van der Waals surface area contributed by atoms with Crippen LogP contribution in [0.5, 0.6) is 0 Å². The molecule has 0 aromatic rings. The third-order valence-electron chi connectivity index (χ3n) is 4.24. The van der Waals surface area contributed by atoms with E-state index in [1.807, 2.05) is 0 Å². The molecule has 1 saturated carbocycles. The van der Waals surface area contributed by atoms with E-state index in [4.69, 9.17) is 11.6 Å². The highest BCUT2D eigenvalue weighted by molar-refractivity contribution is 7.89. The molecule has 100 valence electrons. The van der Waals surface area contributed by atoms with Crippen molar-refractivity contribution >= 4 is 21.6 Å². The molecule has 0 radical (unpaired) electrons. The molecule has 0 N–H and O–H groups in total. The molecule has 1 saturated heterocycles. The fraction of sp³-hybridized carbons (Fsp3) is 1.00. The summed E-state index contributed by atoms with van der Waals surface area (Å²) >= 11 is 5.73. The first kappa shape index (κ1) is 13.6. The average Bonchev–Trinajstić information content (AvgIpc) is 2.37. The Hall–Kier alpha value is 0.200. The molecule has 1 aliphatic carbocycles. The Morgan fingerprint density at radius 3 is 2.59 bits per heavy atom. The number of nitrogens with zero attached hydrogens (tertiary/aromatic N) is 1. The smallest absolute Gasteiger partial charge is 0.212 e. The van der Waals surface area contributed by atoms with Crippen molar-refractivity contribution in [1.29, 1.82) is 0 Å². The van der Waals surface area contributed by atoms with Gasteiger partial charge in [-0.15, -0.1) is 11.6 Å². The molecule has 0 bridgehead atoms. The maximum Gasteiger partial charge on any atom is 0.218 e. The van der Waals surface area contributed by atoms with Gasteiger partial charge in [0.2, 0.25) is 10.0 Å². The fourth-order valence-corrected chi connectivity index (χ4v) is 5.34. The van der Waals surface area contributed by atoms with E-state index in [1.165, 1.54) is 25.7 Å². The minimum atomic E-state index is -3.18. The van der Waals surface area contributed by atoms with Crippen LogP contribution in [0.25, 0.3) is 0 Å². The molecule has 1 aliphatic heterocycles. The second kappa shape index (κ2) is 5.45.